The number of carbonyl (C=O) groups is 2. The van der Waals surface area contributed by atoms with E-state index >= 15 is 0 Å². The molecule has 168 valence electrons. The summed E-state index contributed by atoms with van der Waals surface area (Å²) in [4.78, 5) is 23.6. The van der Waals surface area contributed by atoms with Crippen LogP contribution in [0.4, 0.5) is 4.39 Å². The van der Waals surface area contributed by atoms with Crippen LogP contribution in [0.3, 0.4) is 0 Å². The number of ether oxygens (including phenoxy) is 1. The average Bonchev–Trinajstić information content (AvgIpc) is 2.80. The Morgan fingerprint density at radius 2 is 1.71 bits per heavy atom. The van der Waals surface area contributed by atoms with Crippen molar-refractivity contribution >= 4 is 11.8 Å². The molecule has 2 rings (SSSR count). The Labute approximate surface area is 182 Å². The lowest BCUT2D eigenvalue weighted by molar-refractivity contribution is -0.129. The van der Waals surface area contributed by atoms with Crippen LogP contribution < -0.4 is 10.8 Å². The predicted molar refractivity (Wildman–Crippen MR) is 116 cm³/mol. The third-order valence-electron chi connectivity index (χ3n) is 5.75. The number of benzene rings is 2. The van der Waals surface area contributed by atoms with Gasteiger partial charge in [-0.2, -0.15) is 0 Å². The van der Waals surface area contributed by atoms with E-state index in [-0.39, 0.29) is 24.1 Å². The highest BCUT2D eigenvalue weighted by Gasteiger charge is 2.35. The topological polar surface area (TPSA) is 87.7 Å². The molecule has 3 N–H and O–H groups in total. The van der Waals surface area contributed by atoms with Gasteiger partial charge < -0.3 is 10.1 Å². The van der Waals surface area contributed by atoms with Crippen molar-refractivity contribution in [2.24, 2.45) is 5.92 Å². The minimum Gasteiger partial charge on any atom is -0.374 e. The second-order valence-corrected chi connectivity index (χ2v) is 7.71. The molecule has 0 aliphatic rings. The van der Waals surface area contributed by atoms with Gasteiger partial charge in [-0.15, -0.1) is 0 Å². The minimum absolute atomic E-state index is 0.0167. The standard InChI is InChI=1S/C24H31FN2O4/c1-24(31-2,20-13-15-21(25)16-14-20)19(10-6-12-22(28)27-30)11-7-17-26-23(29)18-8-4-3-5-9-18/h3-5,8-9,13-16,19,30H,6-7,10-12,17H2,1-2H3,(H,26,29)(H,27,28). The van der Waals surface area contributed by atoms with Crippen molar-refractivity contribution < 1.29 is 23.9 Å². The van der Waals surface area contributed by atoms with Crippen LogP contribution in [0.25, 0.3) is 0 Å². The van der Waals surface area contributed by atoms with Gasteiger partial charge >= 0.3 is 0 Å². The molecular formula is C24H31FN2O4. The van der Waals surface area contributed by atoms with E-state index in [1.165, 1.54) is 12.1 Å². The van der Waals surface area contributed by atoms with E-state index in [1.54, 1.807) is 36.9 Å². The molecule has 2 amide bonds. The van der Waals surface area contributed by atoms with Crippen LogP contribution in [0.5, 0.6) is 0 Å². The lowest BCUT2D eigenvalue weighted by Gasteiger charge is -2.37. The van der Waals surface area contributed by atoms with Crippen molar-refractivity contribution in [3.8, 4) is 0 Å². The molecule has 7 heteroatoms. The van der Waals surface area contributed by atoms with Gasteiger partial charge in [0.15, 0.2) is 0 Å². The van der Waals surface area contributed by atoms with Crippen molar-refractivity contribution in [3.05, 3.63) is 71.5 Å². The Morgan fingerprint density at radius 3 is 2.32 bits per heavy atom. The molecular weight excluding hydrogens is 399 g/mol. The zero-order valence-electron chi connectivity index (χ0n) is 18.1. The summed E-state index contributed by atoms with van der Waals surface area (Å²) in [5.41, 5.74) is 2.42. The zero-order valence-corrected chi connectivity index (χ0v) is 18.1. The molecule has 0 aliphatic heterocycles. The first-order valence-electron chi connectivity index (χ1n) is 10.5. The van der Waals surface area contributed by atoms with Crippen molar-refractivity contribution in [2.75, 3.05) is 13.7 Å². The first-order valence-corrected chi connectivity index (χ1v) is 10.5. The van der Waals surface area contributed by atoms with Crippen molar-refractivity contribution in [2.45, 2.75) is 44.6 Å². The SMILES string of the molecule is COC(C)(c1ccc(F)cc1)C(CCCNC(=O)c1ccccc1)CCCC(=O)NO. The summed E-state index contributed by atoms with van der Waals surface area (Å²) in [5, 5.41) is 11.7. The van der Waals surface area contributed by atoms with E-state index in [9.17, 15) is 14.0 Å². The minimum atomic E-state index is -0.688. The third kappa shape index (κ3) is 7.15. The predicted octanol–water partition coefficient (Wildman–Crippen LogP) is 4.19. The second-order valence-electron chi connectivity index (χ2n) is 7.71. The molecule has 2 unspecified atom stereocenters. The fourth-order valence-electron chi connectivity index (χ4n) is 3.80. The van der Waals surface area contributed by atoms with Gasteiger partial charge in [0.25, 0.3) is 5.91 Å². The summed E-state index contributed by atoms with van der Waals surface area (Å²) in [7, 11) is 1.62. The van der Waals surface area contributed by atoms with Gasteiger partial charge in [0.2, 0.25) is 5.91 Å². The number of amides is 2. The molecule has 0 radical (unpaired) electrons. The number of hydroxylamine groups is 1. The quantitative estimate of drug-likeness (QED) is 0.268. The van der Waals surface area contributed by atoms with Crippen molar-refractivity contribution in [3.63, 3.8) is 0 Å². The maximum Gasteiger partial charge on any atom is 0.251 e. The maximum atomic E-state index is 13.4. The van der Waals surface area contributed by atoms with Gasteiger partial charge in [0.05, 0.1) is 5.60 Å². The molecule has 6 nitrogen and oxygen atoms in total. The lowest BCUT2D eigenvalue weighted by Crippen LogP contribution is -2.35. The molecule has 0 fully saturated rings. The Hall–Kier alpha value is -2.77. The molecule has 0 bridgehead atoms. The lowest BCUT2D eigenvalue weighted by atomic mass is 9.77. The van der Waals surface area contributed by atoms with Crippen molar-refractivity contribution in [1.82, 2.24) is 10.8 Å². The van der Waals surface area contributed by atoms with Crippen LogP contribution in [0.1, 0.15) is 54.9 Å². The van der Waals surface area contributed by atoms with Gasteiger partial charge in [-0.3, -0.25) is 14.8 Å². The summed E-state index contributed by atoms with van der Waals surface area (Å²) in [6.07, 6.45) is 2.88. The molecule has 2 aromatic carbocycles. The Balaban J connectivity index is 2.03. The fraction of sp³-hybridized carbons (Fsp3) is 0.417. The number of halogens is 1. The maximum absolute atomic E-state index is 13.4. The van der Waals surface area contributed by atoms with E-state index in [0.717, 1.165) is 18.4 Å². The first-order chi connectivity index (χ1) is 14.9. The van der Waals surface area contributed by atoms with Crippen LogP contribution in [0, 0.1) is 11.7 Å². The summed E-state index contributed by atoms with van der Waals surface area (Å²) < 4.78 is 19.3. The third-order valence-corrected chi connectivity index (χ3v) is 5.75. The zero-order chi connectivity index (χ0) is 22.7. The van der Waals surface area contributed by atoms with Crippen molar-refractivity contribution in [1.29, 1.82) is 0 Å². The Morgan fingerprint density at radius 1 is 1.06 bits per heavy atom. The molecule has 0 aliphatic carbocycles. The molecule has 2 aromatic rings. The van der Waals surface area contributed by atoms with Gasteiger partial charge in [-0.05, 0) is 68.4 Å². The Kier molecular flexibility index (Phi) is 9.62. The monoisotopic (exact) mass is 430 g/mol. The number of carbonyl (C=O) groups excluding carboxylic acids is 2. The summed E-state index contributed by atoms with van der Waals surface area (Å²) in [6, 6.07) is 15.3. The summed E-state index contributed by atoms with van der Waals surface area (Å²) >= 11 is 0. The van der Waals surface area contributed by atoms with Gasteiger partial charge in [-0.25, -0.2) is 9.87 Å². The molecule has 0 saturated carbocycles. The van der Waals surface area contributed by atoms with E-state index in [0.29, 0.717) is 24.9 Å². The molecule has 0 spiro atoms. The fourth-order valence-corrected chi connectivity index (χ4v) is 3.80. The van der Waals surface area contributed by atoms with Crippen LogP contribution in [-0.4, -0.2) is 30.7 Å². The van der Waals surface area contributed by atoms with Crippen LogP contribution in [-0.2, 0) is 15.1 Å². The number of methoxy groups -OCH3 is 1. The van der Waals surface area contributed by atoms with E-state index < -0.39 is 11.5 Å². The molecule has 0 aromatic heterocycles. The van der Waals surface area contributed by atoms with Gasteiger partial charge in [-0.1, -0.05) is 30.3 Å². The average molecular weight is 431 g/mol. The van der Waals surface area contributed by atoms with E-state index in [2.05, 4.69) is 5.32 Å². The van der Waals surface area contributed by atoms with Gasteiger partial charge in [0, 0.05) is 25.6 Å². The van der Waals surface area contributed by atoms with Gasteiger partial charge in [0.1, 0.15) is 5.82 Å². The molecule has 31 heavy (non-hydrogen) atoms. The smallest absolute Gasteiger partial charge is 0.251 e. The number of hydrogen-bond donors (Lipinski definition) is 3. The van der Waals surface area contributed by atoms with Crippen LogP contribution >= 0.6 is 0 Å². The number of hydrogen-bond acceptors (Lipinski definition) is 4. The highest BCUT2D eigenvalue weighted by atomic mass is 19.1. The van der Waals surface area contributed by atoms with Crippen LogP contribution in [0.15, 0.2) is 54.6 Å². The largest absolute Gasteiger partial charge is 0.374 e. The van der Waals surface area contributed by atoms with E-state index in [1.807, 2.05) is 25.1 Å². The highest BCUT2D eigenvalue weighted by molar-refractivity contribution is 5.94. The highest BCUT2D eigenvalue weighted by Crippen LogP contribution is 2.38. The summed E-state index contributed by atoms with van der Waals surface area (Å²) in [5.74, 6) is -0.857. The molecule has 0 saturated heterocycles. The Bertz CT molecular complexity index is 829. The first kappa shape index (κ1) is 24.5. The number of rotatable bonds is 12. The second kappa shape index (κ2) is 12.2. The summed E-state index contributed by atoms with van der Waals surface area (Å²) in [6.45, 7) is 2.46. The van der Waals surface area contributed by atoms with Crippen LogP contribution in [0.2, 0.25) is 0 Å². The molecule has 0 heterocycles. The normalized spacial score (nSPS) is 13.8. The number of nitrogens with one attached hydrogen (secondary N) is 2. The van der Waals surface area contributed by atoms with E-state index in [4.69, 9.17) is 9.94 Å². The molecule has 2 atom stereocenters.